The number of benzene rings is 1. The smallest absolute Gasteiger partial charge is 0.251 e. The van der Waals surface area contributed by atoms with E-state index in [1.165, 1.54) is 62.0 Å². The summed E-state index contributed by atoms with van der Waals surface area (Å²) in [5, 5.41) is 5.05. The van der Waals surface area contributed by atoms with Crippen LogP contribution in [0.2, 0.25) is 0 Å². The molecular weight excluding hydrogens is 416 g/mol. The number of thiophene rings is 1. The fourth-order valence-corrected chi connectivity index (χ4v) is 8.13. The van der Waals surface area contributed by atoms with Gasteiger partial charge in [0, 0.05) is 23.5 Å². The van der Waals surface area contributed by atoms with Gasteiger partial charge in [0.25, 0.3) is 5.91 Å². The Hall–Kier alpha value is -1.70. The zero-order valence-electron chi connectivity index (χ0n) is 17.0. The fraction of sp³-hybridized carbons (Fsp3) is 0.522. The Labute approximate surface area is 182 Å². The number of sulfonamides is 1. The summed E-state index contributed by atoms with van der Waals surface area (Å²) in [6, 6.07) is 10.1. The summed E-state index contributed by atoms with van der Waals surface area (Å²) < 4.78 is 27.9. The van der Waals surface area contributed by atoms with Gasteiger partial charge in [0.2, 0.25) is 10.0 Å². The molecule has 0 aliphatic heterocycles. The number of carbonyl (C=O) groups excluding carboxylic acids is 1. The number of nitrogens with one attached hydrogen (secondary N) is 2. The van der Waals surface area contributed by atoms with Crippen molar-refractivity contribution in [3.8, 4) is 0 Å². The molecule has 1 aromatic heterocycles. The molecule has 7 heteroatoms. The summed E-state index contributed by atoms with van der Waals surface area (Å²) in [6.45, 7) is 0.964. The van der Waals surface area contributed by atoms with Gasteiger partial charge < -0.3 is 5.32 Å². The minimum atomic E-state index is -3.67. The van der Waals surface area contributed by atoms with Crippen LogP contribution in [0.15, 0.2) is 46.7 Å². The fourth-order valence-electron chi connectivity index (χ4n) is 6.34. The molecule has 2 N–H and O–H groups in total. The highest BCUT2D eigenvalue weighted by molar-refractivity contribution is 7.89. The van der Waals surface area contributed by atoms with E-state index in [9.17, 15) is 13.2 Å². The van der Waals surface area contributed by atoms with E-state index < -0.39 is 10.0 Å². The largest absolute Gasteiger partial charge is 0.351 e. The topological polar surface area (TPSA) is 75.3 Å². The van der Waals surface area contributed by atoms with E-state index in [0.29, 0.717) is 12.1 Å². The van der Waals surface area contributed by atoms with Crippen molar-refractivity contribution in [2.45, 2.75) is 50.0 Å². The van der Waals surface area contributed by atoms with E-state index in [0.717, 1.165) is 22.6 Å². The summed E-state index contributed by atoms with van der Waals surface area (Å²) in [7, 11) is -3.67. The van der Waals surface area contributed by atoms with Gasteiger partial charge in [0.1, 0.15) is 0 Å². The normalized spacial score (nSPS) is 29.8. The average molecular weight is 445 g/mol. The van der Waals surface area contributed by atoms with Crippen LogP contribution in [0.4, 0.5) is 0 Å². The van der Waals surface area contributed by atoms with Gasteiger partial charge in [-0.25, -0.2) is 13.1 Å². The molecule has 0 atom stereocenters. The molecule has 4 saturated carbocycles. The SMILES string of the molecule is O=C(NCC12CC3CC(CC(C3)C1)C2)c1cccc(S(=O)(=O)NCc2cccs2)c1. The summed E-state index contributed by atoms with van der Waals surface area (Å²) in [5.41, 5.74) is 0.662. The van der Waals surface area contributed by atoms with Gasteiger partial charge in [0.05, 0.1) is 4.90 Å². The monoisotopic (exact) mass is 444 g/mol. The lowest BCUT2D eigenvalue weighted by Crippen LogP contribution is -2.51. The van der Waals surface area contributed by atoms with E-state index in [1.807, 2.05) is 17.5 Å². The molecular formula is C23H28N2O3S2. The number of amides is 1. The van der Waals surface area contributed by atoms with Crippen LogP contribution in [0.25, 0.3) is 0 Å². The van der Waals surface area contributed by atoms with E-state index in [-0.39, 0.29) is 22.8 Å². The first-order valence-electron chi connectivity index (χ1n) is 10.8. The van der Waals surface area contributed by atoms with Crippen molar-refractivity contribution in [2.24, 2.45) is 23.2 Å². The van der Waals surface area contributed by atoms with Gasteiger partial charge >= 0.3 is 0 Å². The molecule has 5 nitrogen and oxygen atoms in total. The van der Waals surface area contributed by atoms with Crippen LogP contribution < -0.4 is 10.0 Å². The van der Waals surface area contributed by atoms with E-state index in [2.05, 4.69) is 10.0 Å². The second kappa shape index (κ2) is 7.77. The van der Waals surface area contributed by atoms with Crippen LogP contribution in [0, 0.1) is 23.2 Å². The maximum Gasteiger partial charge on any atom is 0.251 e. The standard InChI is InChI=1S/C23H28N2O3S2/c26-22(24-15-23-11-16-7-17(12-23)9-18(8-16)13-23)19-3-1-5-21(10-19)30(27,28)25-14-20-4-2-6-29-20/h1-6,10,16-18,25H,7-9,11-15H2,(H,24,26). The third kappa shape index (κ3) is 4.07. The van der Waals surface area contributed by atoms with Gasteiger partial charge in [-0.3, -0.25) is 4.79 Å². The lowest BCUT2D eigenvalue weighted by molar-refractivity contribution is -0.0503. The summed E-state index contributed by atoms with van der Waals surface area (Å²) in [6.07, 6.45) is 7.85. The van der Waals surface area contributed by atoms with Crippen molar-refractivity contribution in [3.05, 3.63) is 52.2 Å². The number of hydrogen-bond donors (Lipinski definition) is 2. The molecule has 30 heavy (non-hydrogen) atoms. The molecule has 4 aliphatic carbocycles. The van der Waals surface area contributed by atoms with E-state index in [4.69, 9.17) is 0 Å². The summed E-state index contributed by atoms with van der Waals surface area (Å²) >= 11 is 1.51. The van der Waals surface area contributed by atoms with Crippen molar-refractivity contribution in [1.82, 2.24) is 10.0 Å². The average Bonchev–Trinajstić information content (AvgIpc) is 3.24. The van der Waals surface area contributed by atoms with Crippen LogP contribution >= 0.6 is 11.3 Å². The zero-order chi connectivity index (χ0) is 20.8. The molecule has 0 saturated heterocycles. The van der Waals surface area contributed by atoms with Crippen molar-refractivity contribution in [3.63, 3.8) is 0 Å². The predicted molar refractivity (Wildman–Crippen MR) is 118 cm³/mol. The van der Waals surface area contributed by atoms with Gasteiger partial charge in [-0.05, 0) is 91.3 Å². The second-order valence-corrected chi connectivity index (χ2v) is 12.3. The predicted octanol–water partition coefficient (Wildman–Crippen LogP) is 4.17. The lowest BCUT2D eigenvalue weighted by atomic mass is 9.49. The quantitative estimate of drug-likeness (QED) is 0.673. The summed E-state index contributed by atoms with van der Waals surface area (Å²) in [5.74, 6) is 2.35. The first-order valence-corrected chi connectivity index (χ1v) is 13.2. The maximum atomic E-state index is 12.8. The van der Waals surface area contributed by atoms with Crippen molar-refractivity contribution >= 4 is 27.3 Å². The molecule has 1 aromatic carbocycles. The number of rotatable bonds is 7. The highest BCUT2D eigenvalue weighted by Gasteiger charge is 2.50. The van der Waals surface area contributed by atoms with Crippen LogP contribution in [0.3, 0.4) is 0 Å². The van der Waals surface area contributed by atoms with Crippen molar-refractivity contribution < 1.29 is 13.2 Å². The Balaban J connectivity index is 1.24. The maximum absolute atomic E-state index is 12.8. The Kier molecular flexibility index (Phi) is 5.24. The zero-order valence-corrected chi connectivity index (χ0v) is 18.6. The molecule has 1 amide bonds. The molecule has 6 rings (SSSR count). The highest BCUT2D eigenvalue weighted by Crippen LogP contribution is 2.59. The molecule has 4 bridgehead atoms. The van der Waals surface area contributed by atoms with Gasteiger partial charge in [-0.2, -0.15) is 0 Å². The first kappa shape index (κ1) is 20.2. The van der Waals surface area contributed by atoms with E-state index >= 15 is 0 Å². The Morgan fingerprint density at radius 3 is 2.37 bits per heavy atom. The van der Waals surface area contributed by atoms with Crippen LogP contribution in [0.1, 0.15) is 53.8 Å². The third-order valence-electron chi connectivity index (χ3n) is 7.21. The molecule has 4 aliphatic rings. The summed E-state index contributed by atoms with van der Waals surface area (Å²) in [4.78, 5) is 13.9. The Bertz CT molecular complexity index is 995. The van der Waals surface area contributed by atoms with Crippen LogP contribution in [-0.4, -0.2) is 20.9 Å². The van der Waals surface area contributed by atoms with Gasteiger partial charge in [-0.1, -0.05) is 12.1 Å². The van der Waals surface area contributed by atoms with Crippen LogP contribution in [-0.2, 0) is 16.6 Å². The lowest BCUT2D eigenvalue weighted by Gasteiger charge is -2.56. The van der Waals surface area contributed by atoms with Crippen LogP contribution in [0.5, 0.6) is 0 Å². The minimum Gasteiger partial charge on any atom is -0.351 e. The third-order valence-corrected chi connectivity index (χ3v) is 9.49. The molecule has 160 valence electrons. The van der Waals surface area contributed by atoms with E-state index in [1.54, 1.807) is 12.1 Å². The Morgan fingerprint density at radius 2 is 1.73 bits per heavy atom. The van der Waals surface area contributed by atoms with Gasteiger partial charge in [-0.15, -0.1) is 11.3 Å². The minimum absolute atomic E-state index is 0.126. The van der Waals surface area contributed by atoms with Crippen molar-refractivity contribution in [1.29, 1.82) is 0 Å². The molecule has 0 unspecified atom stereocenters. The molecule has 0 spiro atoms. The number of carbonyl (C=O) groups is 1. The van der Waals surface area contributed by atoms with Gasteiger partial charge in [0.15, 0.2) is 0 Å². The first-order chi connectivity index (χ1) is 14.4. The molecule has 1 heterocycles. The van der Waals surface area contributed by atoms with Crippen molar-refractivity contribution in [2.75, 3.05) is 6.54 Å². The number of hydrogen-bond acceptors (Lipinski definition) is 4. The molecule has 0 radical (unpaired) electrons. The second-order valence-electron chi connectivity index (χ2n) is 9.53. The molecule has 4 fully saturated rings. The highest BCUT2D eigenvalue weighted by atomic mass is 32.2. The molecule has 2 aromatic rings. The Morgan fingerprint density at radius 1 is 1.03 bits per heavy atom.